The number of hydrogen-bond acceptors (Lipinski definition) is 4. The Morgan fingerprint density at radius 1 is 0.893 bits per heavy atom. The van der Waals surface area contributed by atoms with E-state index >= 15 is 0 Å². The average Bonchev–Trinajstić information content (AvgIpc) is 3.02. The van der Waals surface area contributed by atoms with E-state index in [1.807, 2.05) is 0 Å². The van der Waals surface area contributed by atoms with Crippen molar-refractivity contribution in [2.75, 3.05) is 59.5 Å². The summed E-state index contributed by atoms with van der Waals surface area (Å²) in [4.78, 5) is 7.83. The predicted octanol–water partition coefficient (Wildman–Crippen LogP) is 3.44. The molecule has 4 nitrogen and oxygen atoms in total. The minimum atomic E-state index is 0.764. The van der Waals surface area contributed by atoms with Gasteiger partial charge in [0.25, 0.3) is 0 Å². The van der Waals surface area contributed by atoms with E-state index in [2.05, 4.69) is 39.9 Å². The number of ether oxygens (including phenoxy) is 1. The van der Waals surface area contributed by atoms with Crippen molar-refractivity contribution in [3.63, 3.8) is 0 Å². The monoisotopic (exact) mass is 385 g/mol. The zero-order valence-electron chi connectivity index (χ0n) is 17.9. The molecule has 0 aromatic heterocycles. The molecule has 0 N–H and O–H groups in total. The van der Waals surface area contributed by atoms with E-state index < -0.39 is 0 Å². The Morgan fingerprint density at radius 3 is 2.50 bits per heavy atom. The van der Waals surface area contributed by atoms with Gasteiger partial charge in [-0.1, -0.05) is 12.5 Å². The molecule has 0 saturated carbocycles. The highest BCUT2D eigenvalue weighted by molar-refractivity contribution is 5.36. The lowest BCUT2D eigenvalue weighted by molar-refractivity contribution is 0.198. The van der Waals surface area contributed by atoms with Gasteiger partial charge in [0.15, 0.2) is 0 Å². The Balaban J connectivity index is 1.23. The van der Waals surface area contributed by atoms with E-state index in [4.69, 9.17) is 4.74 Å². The van der Waals surface area contributed by atoms with Gasteiger partial charge in [-0.15, -0.1) is 0 Å². The lowest BCUT2D eigenvalue weighted by Gasteiger charge is -2.27. The molecule has 0 amide bonds. The van der Waals surface area contributed by atoms with E-state index in [1.54, 1.807) is 0 Å². The van der Waals surface area contributed by atoms with Crippen molar-refractivity contribution in [2.45, 2.75) is 57.4 Å². The molecule has 1 aromatic carbocycles. The molecule has 0 unspecified atom stereocenters. The Morgan fingerprint density at radius 2 is 1.71 bits per heavy atom. The second-order valence-electron chi connectivity index (χ2n) is 9.11. The molecular formula is C24H39N3O. The average molecular weight is 386 g/mol. The van der Waals surface area contributed by atoms with E-state index in [-0.39, 0.29) is 0 Å². The van der Waals surface area contributed by atoms with Crippen LogP contribution in [-0.2, 0) is 12.8 Å². The van der Waals surface area contributed by atoms with E-state index in [0.717, 1.165) is 31.2 Å². The van der Waals surface area contributed by atoms with E-state index in [0.29, 0.717) is 0 Å². The van der Waals surface area contributed by atoms with Gasteiger partial charge in [-0.2, -0.15) is 0 Å². The lowest BCUT2D eigenvalue weighted by atomic mass is 10.0. The van der Waals surface area contributed by atoms with Gasteiger partial charge >= 0.3 is 0 Å². The molecule has 0 spiro atoms. The van der Waals surface area contributed by atoms with Crippen molar-refractivity contribution in [3.05, 3.63) is 29.3 Å². The standard InChI is InChI=1S/C24H39N3O/c1-25-12-5-7-23(25)20-27-16-10-21-8-9-24(19-22(21)11-17-27)28-18-6-15-26-13-3-2-4-14-26/h8-9,19,23H,2-7,10-18,20H2,1H3/t23-/m0/s1. The fourth-order valence-corrected chi connectivity index (χ4v) is 5.19. The summed E-state index contributed by atoms with van der Waals surface area (Å²) in [7, 11) is 2.29. The van der Waals surface area contributed by atoms with Crippen LogP contribution in [0.5, 0.6) is 5.75 Å². The second kappa shape index (κ2) is 10.1. The number of fused-ring (bicyclic) bond motifs is 1. The normalized spacial score (nSPS) is 24.8. The molecule has 3 heterocycles. The molecule has 4 rings (SSSR count). The first-order chi connectivity index (χ1) is 13.8. The van der Waals surface area contributed by atoms with Gasteiger partial charge in [-0.25, -0.2) is 0 Å². The number of piperidine rings is 1. The maximum Gasteiger partial charge on any atom is 0.119 e. The molecule has 0 bridgehead atoms. The summed E-state index contributed by atoms with van der Waals surface area (Å²) in [5.41, 5.74) is 3.04. The molecular weight excluding hydrogens is 346 g/mol. The topological polar surface area (TPSA) is 19.0 Å². The minimum Gasteiger partial charge on any atom is -0.494 e. The van der Waals surface area contributed by atoms with Crippen molar-refractivity contribution in [1.29, 1.82) is 0 Å². The number of rotatable bonds is 7. The zero-order chi connectivity index (χ0) is 19.2. The van der Waals surface area contributed by atoms with Crippen LogP contribution >= 0.6 is 0 Å². The highest BCUT2D eigenvalue weighted by atomic mass is 16.5. The highest BCUT2D eigenvalue weighted by Crippen LogP contribution is 2.23. The van der Waals surface area contributed by atoms with Crippen LogP contribution in [-0.4, -0.2) is 80.2 Å². The molecule has 0 aliphatic carbocycles. The first-order valence-corrected chi connectivity index (χ1v) is 11.7. The molecule has 0 radical (unpaired) electrons. The largest absolute Gasteiger partial charge is 0.494 e. The zero-order valence-corrected chi connectivity index (χ0v) is 17.9. The van der Waals surface area contributed by atoms with Crippen LogP contribution in [0, 0.1) is 0 Å². The fourth-order valence-electron chi connectivity index (χ4n) is 5.19. The van der Waals surface area contributed by atoms with Crippen molar-refractivity contribution in [2.24, 2.45) is 0 Å². The summed E-state index contributed by atoms with van der Waals surface area (Å²) < 4.78 is 6.11. The van der Waals surface area contributed by atoms with Crippen LogP contribution in [0.2, 0.25) is 0 Å². The first kappa shape index (κ1) is 20.2. The van der Waals surface area contributed by atoms with Crippen molar-refractivity contribution >= 4 is 0 Å². The van der Waals surface area contributed by atoms with Gasteiger partial charge in [0.05, 0.1) is 6.61 Å². The van der Waals surface area contributed by atoms with Crippen molar-refractivity contribution in [3.8, 4) is 5.75 Å². The Kier molecular flexibility index (Phi) is 7.27. The fraction of sp³-hybridized carbons (Fsp3) is 0.750. The van der Waals surface area contributed by atoms with E-state index in [1.165, 1.54) is 95.5 Å². The summed E-state index contributed by atoms with van der Waals surface area (Å²) >= 11 is 0. The molecule has 2 fully saturated rings. The highest BCUT2D eigenvalue weighted by Gasteiger charge is 2.24. The van der Waals surface area contributed by atoms with Gasteiger partial charge in [0.1, 0.15) is 5.75 Å². The first-order valence-electron chi connectivity index (χ1n) is 11.7. The Hall–Kier alpha value is -1.10. The molecule has 1 atom stereocenters. The number of benzene rings is 1. The van der Waals surface area contributed by atoms with Crippen LogP contribution < -0.4 is 4.74 Å². The maximum absolute atomic E-state index is 6.11. The molecule has 3 aliphatic rings. The van der Waals surface area contributed by atoms with Crippen LogP contribution in [0.4, 0.5) is 0 Å². The van der Waals surface area contributed by atoms with Crippen molar-refractivity contribution in [1.82, 2.24) is 14.7 Å². The second-order valence-corrected chi connectivity index (χ2v) is 9.11. The molecule has 156 valence electrons. The predicted molar refractivity (Wildman–Crippen MR) is 116 cm³/mol. The van der Waals surface area contributed by atoms with Gasteiger partial charge < -0.3 is 19.4 Å². The number of likely N-dealkylation sites (N-methyl/N-ethyl adjacent to an activating group) is 1. The quantitative estimate of drug-likeness (QED) is 0.669. The van der Waals surface area contributed by atoms with Crippen LogP contribution in [0.1, 0.15) is 49.7 Å². The number of nitrogens with zero attached hydrogens (tertiary/aromatic N) is 3. The SMILES string of the molecule is CN1CCC[C@H]1CN1CCc2ccc(OCCCN3CCCCC3)cc2CC1. The van der Waals surface area contributed by atoms with Crippen LogP contribution in [0.25, 0.3) is 0 Å². The lowest BCUT2D eigenvalue weighted by Crippen LogP contribution is -2.39. The van der Waals surface area contributed by atoms with Crippen molar-refractivity contribution < 1.29 is 4.74 Å². The third kappa shape index (κ3) is 5.49. The maximum atomic E-state index is 6.11. The molecule has 2 saturated heterocycles. The Labute approximate surface area is 171 Å². The van der Waals surface area contributed by atoms with Gasteiger partial charge in [-0.3, -0.25) is 0 Å². The van der Waals surface area contributed by atoms with Gasteiger partial charge in [0, 0.05) is 32.2 Å². The number of likely N-dealkylation sites (tertiary alicyclic amines) is 2. The molecule has 4 heteroatoms. The van der Waals surface area contributed by atoms with Crippen LogP contribution in [0.3, 0.4) is 0 Å². The molecule has 1 aromatic rings. The number of hydrogen-bond donors (Lipinski definition) is 0. The molecule has 3 aliphatic heterocycles. The van der Waals surface area contributed by atoms with E-state index in [9.17, 15) is 0 Å². The third-order valence-corrected chi connectivity index (χ3v) is 7.05. The third-order valence-electron chi connectivity index (χ3n) is 7.05. The Bertz CT molecular complexity index is 614. The summed E-state index contributed by atoms with van der Waals surface area (Å²) in [5.74, 6) is 1.07. The summed E-state index contributed by atoms with van der Waals surface area (Å²) in [6, 6.07) is 7.60. The summed E-state index contributed by atoms with van der Waals surface area (Å²) in [6.07, 6.45) is 10.4. The van der Waals surface area contributed by atoms with Gasteiger partial charge in [-0.05, 0) is 94.9 Å². The van der Waals surface area contributed by atoms with Crippen LogP contribution in [0.15, 0.2) is 18.2 Å². The van der Waals surface area contributed by atoms with Gasteiger partial charge in [0.2, 0.25) is 0 Å². The summed E-state index contributed by atoms with van der Waals surface area (Å²) in [6.45, 7) is 9.51. The summed E-state index contributed by atoms with van der Waals surface area (Å²) in [5, 5.41) is 0. The molecule has 28 heavy (non-hydrogen) atoms. The smallest absolute Gasteiger partial charge is 0.119 e. The minimum absolute atomic E-state index is 0.764.